The van der Waals surface area contributed by atoms with Crippen LogP contribution in [0, 0.1) is 0 Å². The Morgan fingerprint density at radius 2 is 1.78 bits per heavy atom. The summed E-state index contributed by atoms with van der Waals surface area (Å²) in [7, 11) is 5.86. The highest BCUT2D eigenvalue weighted by atomic mass is 16.3. The fraction of sp³-hybridized carbons (Fsp3) is 0.400. The number of rotatable bonds is 4. The molecular formula is C20H27N5O2. The molecule has 1 fully saturated rings. The van der Waals surface area contributed by atoms with Crippen LogP contribution in [0.2, 0.25) is 0 Å². The van der Waals surface area contributed by atoms with Crippen molar-refractivity contribution >= 4 is 17.6 Å². The lowest BCUT2D eigenvalue weighted by Gasteiger charge is -2.36. The van der Waals surface area contributed by atoms with Gasteiger partial charge in [-0.3, -0.25) is 9.79 Å². The summed E-state index contributed by atoms with van der Waals surface area (Å²) in [6.45, 7) is 3.50. The molecule has 0 radical (unpaired) electrons. The number of hydrogen-bond donors (Lipinski definition) is 1. The number of guanidine groups is 1. The molecule has 1 aromatic carbocycles. The van der Waals surface area contributed by atoms with E-state index in [4.69, 9.17) is 4.42 Å². The molecule has 2 heterocycles. The highest BCUT2D eigenvalue weighted by Crippen LogP contribution is 2.13. The number of benzene rings is 1. The molecule has 1 aliphatic rings. The molecule has 144 valence electrons. The molecular weight excluding hydrogens is 342 g/mol. The predicted octanol–water partition coefficient (Wildman–Crippen LogP) is 1.88. The van der Waals surface area contributed by atoms with E-state index in [0.717, 1.165) is 19.0 Å². The highest BCUT2D eigenvalue weighted by Gasteiger charge is 2.25. The first-order valence-electron chi connectivity index (χ1n) is 9.13. The monoisotopic (exact) mass is 369 g/mol. The average Bonchev–Trinajstić information content (AvgIpc) is 3.23. The van der Waals surface area contributed by atoms with Crippen molar-refractivity contribution in [2.45, 2.75) is 6.54 Å². The van der Waals surface area contributed by atoms with Gasteiger partial charge in [-0.25, -0.2) is 0 Å². The number of carbonyl (C=O) groups excluding carboxylic acids is 1. The number of anilines is 1. The molecule has 0 bridgehead atoms. The van der Waals surface area contributed by atoms with Crippen LogP contribution in [-0.2, 0) is 6.54 Å². The van der Waals surface area contributed by atoms with E-state index >= 15 is 0 Å². The average molecular weight is 369 g/mol. The summed E-state index contributed by atoms with van der Waals surface area (Å²) in [5.41, 5.74) is 2.38. The Labute approximate surface area is 160 Å². The Kier molecular flexibility index (Phi) is 6.01. The summed E-state index contributed by atoms with van der Waals surface area (Å²) in [6, 6.07) is 11.9. The van der Waals surface area contributed by atoms with Crippen molar-refractivity contribution in [3.8, 4) is 0 Å². The van der Waals surface area contributed by atoms with E-state index in [0.29, 0.717) is 25.4 Å². The van der Waals surface area contributed by atoms with E-state index in [1.807, 2.05) is 19.0 Å². The van der Waals surface area contributed by atoms with Gasteiger partial charge in [0, 0.05) is 59.6 Å². The normalized spacial score (nSPS) is 15.0. The van der Waals surface area contributed by atoms with Gasteiger partial charge in [-0.05, 0) is 29.8 Å². The zero-order chi connectivity index (χ0) is 19.2. The summed E-state index contributed by atoms with van der Waals surface area (Å²) in [5, 5.41) is 3.42. The summed E-state index contributed by atoms with van der Waals surface area (Å²) < 4.78 is 5.21. The number of hydrogen-bond acceptors (Lipinski definition) is 4. The second kappa shape index (κ2) is 8.62. The molecule has 1 aliphatic heterocycles. The smallest absolute Gasteiger partial charge is 0.289 e. The van der Waals surface area contributed by atoms with Crippen molar-refractivity contribution < 1.29 is 9.21 Å². The molecule has 7 nitrogen and oxygen atoms in total. The molecule has 0 atom stereocenters. The number of nitrogens with one attached hydrogen (secondary N) is 1. The van der Waals surface area contributed by atoms with Crippen LogP contribution in [0.4, 0.5) is 5.69 Å². The fourth-order valence-electron chi connectivity index (χ4n) is 3.10. The van der Waals surface area contributed by atoms with E-state index < -0.39 is 0 Å². The topological polar surface area (TPSA) is 64.3 Å². The van der Waals surface area contributed by atoms with Gasteiger partial charge in [0.2, 0.25) is 0 Å². The number of amides is 1. The third-order valence-electron chi connectivity index (χ3n) is 4.71. The summed E-state index contributed by atoms with van der Waals surface area (Å²) in [4.78, 5) is 22.8. The molecule has 1 aromatic heterocycles. The van der Waals surface area contributed by atoms with Gasteiger partial charge in [0.25, 0.3) is 5.91 Å². The number of piperazine rings is 1. The van der Waals surface area contributed by atoms with E-state index in [2.05, 4.69) is 44.4 Å². The Hall–Kier alpha value is -2.96. The van der Waals surface area contributed by atoms with Gasteiger partial charge >= 0.3 is 0 Å². The maximum Gasteiger partial charge on any atom is 0.289 e. The van der Waals surface area contributed by atoms with E-state index in [9.17, 15) is 4.79 Å². The quantitative estimate of drug-likeness (QED) is 0.659. The van der Waals surface area contributed by atoms with E-state index in [1.165, 1.54) is 17.5 Å². The zero-order valence-corrected chi connectivity index (χ0v) is 16.2. The van der Waals surface area contributed by atoms with Crippen LogP contribution in [0.5, 0.6) is 0 Å². The first-order valence-corrected chi connectivity index (χ1v) is 9.13. The third kappa shape index (κ3) is 4.61. The first kappa shape index (κ1) is 18.8. The fourth-order valence-corrected chi connectivity index (χ4v) is 3.10. The number of carbonyl (C=O) groups is 1. The van der Waals surface area contributed by atoms with Crippen molar-refractivity contribution in [2.24, 2.45) is 4.99 Å². The largest absolute Gasteiger partial charge is 0.459 e. The molecule has 7 heteroatoms. The number of furan rings is 1. The van der Waals surface area contributed by atoms with Crippen LogP contribution in [0.15, 0.2) is 52.1 Å². The van der Waals surface area contributed by atoms with Crippen molar-refractivity contribution in [1.29, 1.82) is 0 Å². The molecule has 1 N–H and O–H groups in total. The maximum atomic E-state index is 12.4. The van der Waals surface area contributed by atoms with Crippen molar-refractivity contribution in [3.05, 3.63) is 54.0 Å². The maximum absolute atomic E-state index is 12.4. The molecule has 0 unspecified atom stereocenters. The van der Waals surface area contributed by atoms with Gasteiger partial charge in [0.05, 0.1) is 6.26 Å². The standard InChI is InChI=1S/C20H27N5O2/c1-21-20(22-15-16-6-8-17(9-7-16)23(2)3)25-12-10-24(11-13-25)19(26)18-5-4-14-27-18/h4-9,14H,10-13,15H2,1-3H3,(H,21,22). The number of nitrogens with zero attached hydrogens (tertiary/aromatic N) is 4. The van der Waals surface area contributed by atoms with Gasteiger partial charge in [0.15, 0.2) is 11.7 Å². The molecule has 3 rings (SSSR count). The van der Waals surface area contributed by atoms with Crippen molar-refractivity contribution in [2.75, 3.05) is 52.2 Å². The molecule has 27 heavy (non-hydrogen) atoms. The lowest BCUT2D eigenvalue weighted by atomic mass is 10.2. The molecule has 2 aromatic rings. The van der Waals surface area contributed by atoms with Crippen molar-refractivity contribution in [3.63, 3.8) is 0 Å². The molecule has 0 saturated carbocycles. The van der Waals surface area contributed by atoms with Crippen molar-refractivity contribution in [1.82, 2.24) is 15.1 Å². The summed E-state index contributed by atoms with van der Waals surface area (Å²) >= 11 is 0. The minimum atomic E-state index is -0.0522. The molecule has 1 saturated heterocycles. The second-order valence-electron chi connectivity index (χ2n) is 6.72. The van der Waals surface area contributed by atoms with Crippen LogP contribution < -0.4 is 10.2 Å². The predicted molar refractivity (Wildman–Crippen MR) is 107 cm³/mol. The van der Waals surface area contributed by atoms with Crippen LogP contribution in [0.3, 0.4) is 0 Å². The molecule has 0 aliphatic carbocycles. The van der Waals surface area contributed by atoms with Crippen LogP contribution >= 0.6 is 0 Å². The van der Waals surface area contributed by atoms with Crippen LogP contribution in [0.1, 0.15) is 16.1 Å². The zero-order valence-electron chi connectivity index (χ0n) is 16.2. The second-order valence-corrected chi connectivity index (χ2v) is 6.72. The minimum Gasteiger partial charge on any atom is -0.459 e. The SMILES string of the molecule is CN=C(NCc1ccc(N(C)C)cc1)N1CCN(C(=O)c2ccco2)CC1. The van der Waals surface area contributed by atoms with Gasteiger partial charge in [-0.15, -0.1) is 0 Å². The summed E-state index contributed by atoms with van der Waals surface area (Å²) in [6.07, 6.45) is 1.53. The van der Waals surface area contributed by atoms with Crippen LogP contribution in [0.25, 0.3) is 0 Å². The molecule has 0 spiro atoms. The Morgan fingerprint density at radius 1 is 1.11 bits per heavy atom. The highest BCUT2D eigenvalue weighted by molar-refractivity contribution is 5.91. The Bertz CT molecular complexity index is 760. The third-order valence-corrected chi connectivity index (χ3v) is 4.71. The van der Waals surface area contributed by atoms with Gasteiger partial charge in [-0.2, -0.15) is 0 Å². The summed E-state index contributed by atoms with van der Waals surface area (Å²) in [5.74, 6) is 1.20. The van der Waals surface area contributed by atoms with Gasteiger partial charge < -0.3 is 24.4 Å². The number of aliphatic imine (C=N–C) groups is 1. The Morgan fingerprint density at radius 3 is 2.33 bits per heavy atom. The van der Waals surface area contributed by atoms with E-state index in [1.54, 1.807) is 19.2 Å². The first-order chi connectivity index (χ1) is 13.1. The molecule has 1 amide bonds. The minimum absolute atomic E-state index is 0.0522. The Balaban J connectivity index is 1.51. The van der Waals surface area contributed by atoms with Gasteiger partial charge in [0.1, 0.15) is 0 Å². The lowest BCUT2D eigenvalue weighted by molar-refractivity contribution is 0.0657. The van der Waals surface area contributed by atoms with Gasteiger partial charge in [-0.1, -0.05) is 12.1 Å². The van der Waals surface area contributed by atoms with Crippen LogP contribution in [-0.4, -0.2) is 69.0 Å². The van der Waals surface area contributed by atoms with E-state index in [-0.39, 0.29) is 5.91 Å². The lowest BCUT2D eigenvalue weighted by Crippen LogP contribution is -2.53.